The minimum absolute atomic E-state index is 0.119. The van der Waals surface area contributed by atoms with Gasteiger partial charge in [0.25, 0.3) is 5.91 Å². The second-order valence-corrected chi connectivity index (χ2v) is 8.24. The molecule has 0 bridgehead atoms. The number of imidazole rings is 1. The zero-order chi connectivity index (χ0) is 19.4. The molecule has 6 nitrogen and oxygen atoms in total. The van der Waals surface area contributed by atoms with Crippen molar-refractivity contribution in [3.63, 3.8) is 0 Å². The molecule has 2 aliphatic rings. The summed E-state index contributed by atoms with van der Waals surface area (Å²) in [6, 6.07) is 9.51. The zero-order valence-electron chi connectivity index (χ0n) is 16.0. The Morgan fingerprint density at radius 2 is 2.04 bits per heavy atom. The van der Waals surface area contributed by atoms with E-state index in [1.54, 1.807) is 6.20 Å². The fourth-order valence-electron chi connectivity index (χ4n) is 4.44. The second-order valence-electron chi connectivity index (χ2n) is 8.24. The number of rotatable bonds is 5. The fourth-order valence-corrected chi connectivity index (χ4v) is 4.44. The molecule has 0 radical (unpaired) electrons. The monoisotopic (exact) mass is 376 g/mol. The summed E-state index contributed by atoms with van der Waals surface area (Å²) in [4.78, 5) is 22.1. The van der Waals surface area contributed by atoms with Gasteiger partial charge in [-0.3, -0.25) is 9.36 Å². The van der Waals surface area contributed by atoms with E-state index in [-0.39, 0.29) is 11.3 Å². The van der Waals surface area contributed by atoms with E-state index in [1.807, 2.05) is 48.0 Å². The molecular formula is C22H24N4O2. The number of carbonyl (C=O) groups is 1. The summed E-state index contributed by atoms with van der Waals surface area (Å²) in [5.41, 5.74) is 0.662. The summed E-state index contributed by atoms with van der Waals surface area (Å²) in [6.07, 6.45) is 8.33. The number of hydrogen-bond acceptors (Lipinski definition) is 4. The predicted octanol–water partition coefficient (Wildman–Crippen LogP) is 3.15. The number of benzene rings is 1. The van der Waals surface area contributed by atoms with E-state index in [2.05, 4.69) is 10.3 Å². The first kappa shape index (κ1) is 17.4. The maximum Gasteiger partial charge on any atom is 0.252 e. The lowest BCUT2D eigenvalue weighted by Gasteiger charge is -2.44. The van der Waals surface area contributed by atoms with E-state index in [9.17, 15) is 9.90 Å². The van der Waals surface area contributed by atoms with Crippen LogP contribution >= 0.6 is 0 Å². The third-order valence-electron chi connectivity index (χ3n) is 6.63. The Morgan fingerprint density at radius 1 is 1.25 bits per heavy atom. The van der Waals surface area contributed by atoms with Gasteiger partial charge < -0.3 is 10.4 Å². The van der Waals surface area contributed by atoms with Crippen LogP contribution in [-0.2, 0) is 0 Å². The SMILES string of the molecule is Cc1nccn1-c1cc(C(=O)NCC2(C3(O)CCC3)CC2)c2ccccc2n1. The zero-order valence-corrected chi connectivity index (χ0v) is 16.0. The number of para-hydroxylation sites is 1. The second kappa shape index (κ2) is 6.14. The average Bonchev–Trinajstić information content (AvgIpc) is 3.37. The lowest BCUT2D eigenvalue weighted by atomic mass is 9.69. The number of pyridine rings is 1. The van der Waals surface area contributed by atoms with Gasteiger partial charge in [-0.2, -0.15) is 0 Å². The molecule has 2 fully saturated rings. The van der Waals surface area contributed by atoms with Crippen LogP contribution in [0.5, 0.6) is 0 Å². The largest absolute Gasteiger partial charge is 0.389 e. The van der Waals surface area contributed by atoms with Crippen molar-refractivity contribution < 1.29 is 9.90 Å². The maximum atomic E-state index is 13.1. The highest BCUT2D eigenvalue weighted by Gasteiger charge is 2.60. The van der Waals surface area contributed by atoms with Crippen molar-refractivity contribution in [3.8, 4) is 5.82 Å². The summed E-state index contributed by atoms with van der Waals surface area (Å²) in [5, 5.41) is 14.7. The number of amides is 1. The Hall–Kier alpha value is -2.73. The molecule has 5 rings (SSSR count). The third-order valence-corrected chi connectivity index (χ3v) is 6.63. The van der Waals surface area contributed by atoms with Gasteiger partial charge in [-0.05, 0) is 51.2 Å². The normalized spacial score (nSPS) is 19.2. The molecule has 144 valence electrons. The molecule has 3 aromatic rings. The van der Waals surface area contributed by atoms with Crippen molar-refractivity contribution >= 4 is 16.8 Å². The first-order chi connectivity index (χ1) is 13.5. The first-order valence-electron chi connectivity index (χ1n) is 9.92. The van der Waals surface area contributed by atoms with Gasteiger partial charge in [0.15, 0.2) is 0 Å². The van der Waals surface area contributed by atoms with Gasteiger partial charge in [-0.1, -0.05) is 18.2 Å². The van der Waals surface area contributed by atoms with Gasteiger partial charge in [0.2, 0.25) is 0 Å². The molecule has 0 aliphatic heterocycles. The van der Waals surface area contributed by atoms with Crippen LogP contribution in [0.15, 0.2) is 42.7 Å². The molecule has 2 aliphatic carbocycles. The lowest BCUT2D eigenvalue weighted by molar-refractivity contribution is -0.0947. The maximum absolute atomic E-state index is 13.1. The Morgan fingerprint density at radius 3 is 2.68 bits per heavy atom. The van der Waals surface area contributed by atoms with Crippen molar-refractivity contribution in [2.45, 2.75) is 44.6 Å². The van der Waals surface area contributed by atoms with Gasteiger partial charge in [0.05, 0.1) is 16.7 Å². The molecule has 2 aromatic heterocycles. The van der Waals surface area contributed by atoms with Crippen LogP contribution in [0.4, 0.5) is 0 Å². The fraction of sp³-hybridized carbons (Fsp3) is 0.409. The Kier molecular flexibility index (Phi) is 3.81. The molecule has 2 N–H and O–H groups in total. The highest BCUT2D eigenvalue weighted by molar-refractivity contribution is 6.06. The number of nitrogens with one attached hydrogen (secondary N) is 1. The van der Waals surface area contributed by atoms with Crippen molar-refractivity contribution in [1.82, 2.24) is 19.9 Å². The van der Waals surface area contributed by atoms with Gasteiger partial charge in [0.1, 0.15) is 11.6 Å². The van der Waals surface area contributed by atoms with Crippen molar-refractivity contribution in [3.05, 3.63) is 54.1 Å². The summed E-state index contributed by atoms with van der Waals surface area (Å²) in [5.74, 6) is 1.38. The van der Waals surface area contributed by atoms with Crippen LogP contribution in [0.1, 0.15) is 48.3 Å². The molecular weight excluding hydrogens is 352 g/mol. The third kappa shape index (κ3) is 2.63. The van der Waals surface area contributed by atoms with Crippen LogP contribution in [-0.4, -0.2) is 37.7 Å². The van der Waals surface area contributed by atoms with Gasteiger partial charge >= 0.3 is 0 Å². The first-order valence-corrected chi connectivity index (χ1v) is 9.92. The van der Waals surface area contributed by atoms with Crippen LogP contribution in [0.3, 0.4) is 0 Å². The molecule has 0 spiro atoms. The summed E-state index contributed by atoms with van der Waals surface area (Å²) < 4.78 is 1.88. The van der Waals surface area contributed by atoms with E-state index < -0.39 is 5.60 Å². The van der Waals surface area contributed by atoms with E-state index in [0.717, 1.165) is 48.8 Å². The van der Waals surface area contributed by atoms with Gasteiger partial charge in [-0.15, -0.1) is 0 Å². The number of aryl methyl sites for hydroxylation is 1. The Labute approximate surface area is 163 Å². The van der Waals surface area contributed by atoms with Crippen molar-refractivity contribution in [2.24, 2.45) is 5.41 Å². The van der Waals surface area contributed by atoms with Crippen LogP contribution < -0.4 is 5.32 Å². The number of carbonyl (C=O) groups excluding carboxylic acids is 1. The summed E-state index contributed by atoms with van der Waals surface area (Å²) >= 11 is 0. The minimum atomic E-state index is -0.584. The van der Waals surface area contributed by atoms with Crippen LogP contribution in [0, 0.1) is 12.3 Å². The molecule has 1 aromatic carbocycles. The Balaban J connectivity index is 1.47. The predicted molar refractivity (Wildman–Crippen MR) is 106 cm³/mol. The van der Waals surface area contributed by atoms with E-state index in [1.165, 1.54) is 0 Å². The highest BCUT2D eigenvalue weighted by Crippen LogP contribution is 2.60. The molecule has 2 saturated carbocycles. The number of hydrogen-bond donors (Lipinski definition) is 2. The van der Waals surface area contributed by atoms with Crippen molar-refractivity contribution in [1.29, 1.82) is 0 Å². The number of aliphatic hydroxyl groups is 1. The molecule has 28 heavy (non-hydrogen) atoms. The smallest absolute Gasteiger partial charge is 0.252 e. The molecule has 0 atom stereocenters. The van der Waals surface area contributed by atoms with Crippen LogP contribution in [0.2, 0.25) is 0 Å². The summed E-state index contributed by atoms with van der Waals surface area (Å²) in [7, 11) is 0. The van der Waals surface area contributed by atoms with E-state index in [0.29, 0.717) is 17.9 Å². The van der Waals surface area contributed by atoms with Crippen molar-refractivity contribution in [2.75, 3.05) is 6.54 Å². The molecule has 2 heterocycles. The average molecular weight is 376 g/mol. The summed E-state index contributed by atoms with van der Waals surface area (Å²) in [6.45, 7) is 2.44. The minimum Gasteiger partial charge on any atom is -0.389 e. The van der Waals surface area contributed by atoms with E-state index in [4.69, 9.17) is 4.98 Å². The Bertz CT molecular complexity index is 1060. The quantitative estimate of drug-likeness (QED) is 0.717. The number of aromatic nitrogens is 3. The molecule has 6 heteroatoms. The van der Waals surface area contributed by atoms with Crippen LogP contribution in [0.25, 0.3) is 16.7 Å². The van der Waals surface area contributed by atoms with E-state index >= 15 is 0 Å². The van der Waals surface area contributed by atoms with Gasteiger partial charge in [0, 0.05) is 29.7 Å². The number of fused-ring (bicyclic) bond motifs is 1. The number of nitrogens with zero attached hydrogens (tertiary/aromatic N) is 3. The standard InChI is InChI=1S/C22H24N4O2/c1-15-23-11-12-26(15)19-13-17(16-5-2-3-6-18(16)25-19)20(27)24-14-21(9-10-21)22(28)7-4-8-22/h2-3,5-6,11-13,28H,4,7-10,14H2,1H3,(H,24,27). The topological polar surface area (TPSA) is 80.0 Å². The lowest BCUT2D eigenvalue weighted by Crippen LogP contribution is -2.50. The molecule has 0 unspecified atom stereocenters. The highest BCUT2D eigenvalue weighted by atomic mass is 16.3. The molecule has 0 saturated heterocycles. The molecule has 1 amide bonds. The van der Waals surface area contributed by atoms with Gasteiger partial charge in [-0.25, -0.2) is 9.97 Å².